The molecule has 0 saturated heterocycles. The van der Waals surface area contributed by atoms with E-state index in [0.29, 0.717) is 18.7 Å². The second-order valence-corrected chi connectivity index (χ2v) is 3.91. The maximum atomic E-state index is 12.9. The van der Waals surface area contributed by atoms with Crippen LogP contribution in [0, 0.1) is 5.82 Å². The van der Waals surface area contributed by atoms with Crippen molar-refractivity contribution in [3.63, 3.8) is 0 Å². The molecule has 0 unspecified atom stereocenters. The third-order valence-corrected chi connectivity index (χ3v) is 2.54. The summed E-state index contributed by atoms with van der Waals surface area (Å²) in [6.07, 6.45) is 0.292. The lowest BCUT2D eigenvalue weighted by Crippen LogP contribution is -2.20. The Hall–Kier alpha value is -1.00. The van der Waals surface area contributed by atoms with Crippen LogP contribution < -0.4 is 10.6 Å². The van der Waals surface area contributed by atoms with Crippen molar-refractivity contribution in [2.75, 3.05) is 18.9 Å². The van der Waals surface area contributed by atoms with Crippen LogP contribution >= 0.6 is 23.2 Å². The molecule has 3 nitrogen and oxygen atoms in total. The van der Waals surface area contributed by atoms with Crippen molar-refractivity contribution >= 4 is 34.8 Å². The first-order chi connectivity index (χ1) is 7.54. The number of halogens is 3. The Morgan fingerprint density at radius 1 is 1.38 bits per heavy atom. The summed E-state index contributed by atoms with van der Waals surface area (Å²) in [6, 6.07) is 2.32. The lowest BCUT2D eigenvalue weighted by atomic mass is 10.3. The number of benzene rings is 1. The van der Waals surface area contributed by atoms with Crippen LogP contribution in [0.3, 0.4) is 0 Å². The Labute approximate surface area is 103 Å². The van der Waals surface area contributed by atoms with Crippen LogP contribution in [0.1, 0.15) is 6.42 Å². The fraction of sp³-hybridized carbons (Fsp3) is 0.300. The Morgan fingerprint density at radius 3 is 2.44 bits per heavy atom. The molecule has 1 aromatic carbocycles. The first-order valence-corrected chi connectivity index (χ1v) is 5.39. The number of nitrogens with one attached hydrogen (secondary N) is 2. The molecule has 6 heteroatoms. The average Bonchev–Trinajstić information content (AvgIpc) is 2.21. The van der Waals surface area contributed by atoms with Gasteiger partial charge in [-0.25, -0.2) is 4.39 Å². The molecule has 0 aliphatic heterocycles. The summed E-state index contributed by atoms with van der Waals surface area (Å²) in [5.41, 5.74) is 0.439. The van der Waals surface area contributed by atoms with E-state index in [-0.39, 0.29) is 16.0 Å². The number of amides is 1. The molecule has 0 aromatic heterocycles. The van der Waals surface area contributed by atoms with Crippen LogP contribution in [0.15, 0.2) is 12.1 Å². The molecule has 1 rings (SSSR count). The van der Waals surface area contributed by atoms with E-state index in [1.165, 1.54) is 0 Å². The molecule has 0 fully saturated rings. The predicted molar refractivity (Wildman–Crippen MR) is 63.6 cm³/mol. The number of hydrogen-bond acceptors (Lipinski definition) is 2. The molecular formula is C10H11Cl2FN2O. The summed E-state index contributed by atoms with van der Waals surface area (Å²) in [5.74, 6) is -0.589. The zero-order valence-electron chi connectivity index (χ0n) is 8.61. The molecule has 16 heavy (non-hydrogen) atoms. The SMILES string of the molecule is CNC(=O)CCNc1c(Cl)cc(F)cc1Cl. The van der Waals surface area contributed by atoms with Gasteiger partial charge in [0, 0.05) is 20.0 Å². The van der Waals surface area contributed by atoms with Gasteiger partial charge in [-0.3, -0.25) is 4.79 Å². The van der Waals surface area contributed by atoms with Crippen molar-refractivity contribution in [1.82, 2.24) is 5.32 Å². The Morgan fingerprint density at radius 2 is 1.94 bits per heavy atom. The van der Waals surface area contributed by atoms with E-state index in [1.54, 1.807) is 7.05 Å². The number of carbonyl (C=O) groups excluding carboxylic acids is 1. The van der Waals surface area contributed by atoms with Gasteiger partial charge in [-0.05, 0) is 12.1 Å². The predicted octanol–water partition coefficient (Wildman–Crippen LogP) is 2.68. The lowest BCUT2D eigenvalue weighted by Gasteiger charge is -2.09. The Balaban J connectivity index is 2.64. The molecule has 0 aliphatic carbocycles. The number of hydrogen-bond donors (Lipinski definition) is 2. The van der Waals surface area contributed by atoms with Gasteiger partial charge < -0.3 is 10.6 Å². The van der Waals surface area contributed by atoms with Crippen molar-refractivity contribution in [3.8, 4) is 0 Å². The number of anilines is 1. The molecule has 0 bridgehead atoms. The van der Waals surface area contributed by atoms with E-state index in [9.17, 15) is 9.18 Å². The van der Waals surface area contributed by atoms with Gasteiger partial charge >= 0.3 is 0 Å². The average molecular weight is 265 g/mol. The summed E-state index contributed by atoms with van der Waals surface area (Å²) < 4.78 is 12.9. The number of carbonyl (C=O) groups is 1. The summed E-state index contributed by atoms with van der Waals surface area (Å²) in [6.45, 7) is 0.380. The minimum Gasteiger partial charge on any atom is -0.382 e. The highest BCUT2D eigenvalue weighted by Gasteiger charge is 2.08. The second-order valence-electron chi connectivity index (χ2n) is 3.09. The van der Waals surface area contributed by atoms with E-state index in [4.69, 9.17) is 23.2 Å². The minimum absolute atomic E-state index is 0.0955. The van der Waals surface area contributed by atoms with E-state index >= 15 is 0 Å². The maximum Gasteiger partial charge on any atom is 0.221 e. The molecule has 0 spiro atoms. The summed E-state index contributed by atoms with van der Waals surface area (Å²) >= 11 is 11.6. The van der Waals surface area contributed by atoms with Crippen LogP contribution in [0.5, 0.6) is 0 Å². The van der Waals surface area contributed by atoms with Crippen LogP contribution in [0.4, 0.5) is 10.1 Å². The van der Waals surface area contributed by atoms with Crippen LogP contribution in [-0.4, -0.2) is 19.5 Å². The van der Waals surface area contributed by atoms with E-state index < -0.39 is 5.82 Å². The quantitative estimate of drug-likeness (QED) is 0.878. The zero-order chi connectivity index (χ0) is 12.1. The Bertz CT molecular complexity index is 375. The van der Waals surface area contributed by atoms with E-state index in [2.05, 4.69) is 10.6 Å². The van der Waals surface area contributed by atoms with Crippen molar-refractivity contribution < 1.29 is 9.18 Å². The van der Waals surface area contributed by atoms with Crippen molar-refractivity contribution in [1.29, 1.82) is 0 Å². The van der Waals surface area contributed by atoms with Crippen LogP contribution in [-0.2, 0) is 4.79 Å². The van der Waals surface area contributed by atoms with Gasteiger partial charge in [0.25, 0.3) is 0 Å². The molecule has 88 valence electrons. The van der Waals surface area contributed by atoms with Crippen LogP contribution in [0.2, 0.25) is 10.0 Å². The highest BCUT2D eigenvalue weighted by molar-refractivity contribution is 6.39. The maximum absolute atomic E-state index is 12.9. The smallest absolute Gasteiger partial charge is 0.221 e. The van der Waals surface area contributed by atoms with Gasteiger partial charge in [0.1, 0.15) is 5.82 Å². The molecule has 0 radical (unpaired) electrons. The lowest BCUT2D eigenvalue weighted by molar-refractivity contribution is -0.120. The van der Waals surface area contributed by atoms with Gasteiger partial charge in [-0.1, -0.05) is 23.2 Å². The fourth-order valence-electron chi connectivity index (χ4n) is 1.14. The van der Waals surface area contributed by atoms with Gasteiger partial charge in [-0.2, -0.15) is 0 Å². The highest BCUT2D eigenvalue weighted by Crippen LogP contribution is 2.31. The number of rotatable bonds is 4. The molecule has 2 N–H and O–H groups in total. The van der Waals surface area contributed by atoms with E-state index in [1.807, 2.05) is 0 Å². The largest absolute Gasteiger partial charge is 0.382 e. The molecule has 0 heterocycles. The molecule has 0 saturated carbocycles. The van der Waals surface area contributed by atoms with Crippen molar-refractivity contribution in [2.45, 2.75) is 6.42 Å². The van der Waals surface area contributed by atoms with Crippen LogP contribution in [0.25, 0.3) is 0 Å². The van der Waals surface area contributed by atoms with Crippen molar-refractivity contribution in [3.05, 3.63) is 28.0 Å². The summed E-state index contributed by atoms with van der Waals surface area (Å²) in [5, 5.41) is 5.76. The van der Waals surface area contributed by atoms with Gasteiger partial charge in [0.15, 0.2) is 0 Å². The van der Waals surface area contributed by atoms with Gasteiger partial charge in [-0.15, -0.1) is 0 Å². The first-order valence-electron chi connectivity index (χ1n) is 4.63. The van der Waals surface area contributed by atoms with Gasteiger partial charge in [0.05, 0.1) is 15.7 Å². The molecule has 1 amide bonds. The topological polar surface area (TPSA) is 41.1 Å². The molecule has 0 atom stereocenters. The summed E-state index contributed by atoms with van der Waals surface area (Å²) in [7, 11) is 1.56. The molecule has 0 aliphatic rings. The normalized spacial score (nSPS) is 10.0. The summed E-state index contributed by atoms with van der Waals surface area (Å²) in [4.78, 5) is 10.9. The highest BCUT2D eigenvalue weighted by atomic mass is 35.5. The minimum atomic E-state index is -0.494. The molecular weight excluding hydrogens is 254 g/mol. The van der Waals surface area contributed by atoms with Gasteiger partial charge in [0.2, 0.25) is 5.91 Å². The zero-order valence-corrected chi connectivity index (χ0v) is 10.1. The third-order valence-electron chi connectivity index (χ3n) is 1.94. The molecule has 1 aromatic rings. The van der Waals surface area contributed by atoms with Crippen molar-refractivity contribution in [2.24, 2.45) is 0 Å². The fourth-order valence-corrected chi connectivity index (χ4v) is 1.73. The standard InChI is InChI=1S/C10H11Cl2FN2O/c1-14-9(16)2-3-15-10-7(11)4-6(13)5-8(10)12/h4-5,15H,2-3H2,1H3,(H,14,16). The first kappa shape index (κ1) is 13.1. The third kappa shape index (κ3) is 3.54. The Kier molecular flexibility index (Phi) is 4.83. The second kappa shape index (κ2) is 5.92. The monoisotopic (exact) mass is 264 g/mol. The van der Waals surface area contributed by atoms with E-state index in [0.717, 1.165) is 12.1 Å².